The number of aliphatic carboxylic acids is 2. The van der Waals surface area contributed by atoms with Crippen molar-refractivity contribution in [2.75, 3.05) is 58.4 Å². The third-order valence-corrected chi connectivity index (χ3v) is 10.9. The summed E-state index contributed by atoms with van der Waals surface area (Å²) in [5, 5.41) is 45.1. The third kappa shape index (κ3) is 26.7. The van der Waals surface area contributed by atoms with Gasteiger partial charge in [0.05, 0.1) is 32.1 Å². The number of hydrogen-bond donors (Lipinski definition) is 10. The van der Waals surface area contributed by atoms with Crippen LogP contribution in [0, 0.1) is 16.7 Å². The number of ether oxygens (including phenoxy) is 2. The Kier molecular flexibility index (Phi) is 26.3. The van der Waals surface area contributed by atoms with Gasteiger partial charge in [-0.3, -0.25) is 33.5 Å². The highest BCUT2D eigenvalue weighted by Gasteiger charge is 2.36. The maximum absolute atomic E-state index is 12.9. The first kappa shape index (κ1) is 57.4. The molecule has 0 aromatic carbocycles. The molecule has 0 fully saturated rings. The molecule has 3 atom stereocenters. The number of rotatable bonds is 35. The summed E-state index contributed by atoms with van der Waals surface area (Å²) in [6, 6.07) is -3.05. The molecule has 25 nitrogen and oxygen atoms in total. The number of nitrogens with zero attached hydrogens (tertiary/aromatic N) is 3. The summed E-state index contributed by atoms with van der Waals surface area (Å²) >= 11 is 0. The first-order valence-electron chi connectivity index (χ1n) is 21.1. The van der Waals surface area contributed by atoms with Gasteiger partial charge >= 0.3 is 11.9 Å². The van der Waals surface area contributed by atoms with E-state index in [-0.39, 0.29) is 95.5 Å². The van der Waals surface area contributed by atoms with E-state index in [0.717, 1.165) is 0 Å². The summed E-state index contributed by atoms with van der Waals surface area (Å²) in [4.78, 5) is 96.9. The van der Waals surface area contributed by atoms with Gasteiger partial charge in [-0.05, 0) is 49.4 Å². The number of carbonyl (C=O) groups excluding carboxylic acids is 6. The predicted molar refractivity (Wildman–Crippen MR) is 231 cm³/mol. The lowest BCUT2D eigenvalue weighted by molar-refractivity contribution is -0.143. The van der Waals surface area contributed by atoms with Crippen molar-refractivity contribution in [3.05, 3.63) is 18.0 Å². The molecule has 0 aliphatic heterocycles. The molecule has 0 spiro atoms. The van der Waals surface area contributed by atoms with Crippen LogP contribution >= 0.6 is 0 Å². The van der Waals surface area contributed by atoms with E-state index in [4.69, 9.17) is 15.2 Å². The Bertz CT molecular complexity index is 1840. The van der Waals surface area contributed by atoms with Gasteiger partial charge in [-0.1, -0.05) is 45.1 Å². The van der Waals surface area contributed by atoms with Gasteiger partial charge in [-0.25, -0.2) is 18.0 Å². The highest BCUT2D eigenvalue weighted by atomic mass is 32.2. The Morgan fingerprint density at radius 1 is 0.785 bits per heavy atom. The number of tetrazole rings is 1. The zero-order valence-electron chi connectivity index (χ0n) is 37.7. The van der Waals surface area contributed by atoms with E-state index in [9.17, 15) is 57.0 Å². The third-order valence-electron chi connectivity index (χ3n) is 9.55. The molecule has 0 radical (unpaired) electrons. The normalized spacial score (nSPS) is 13.3. The Morgan fingerprint density at radius 3 is 1.97 bits per heavy atom. The molecular weight excluding hydrogens is 879 g/mol. The van der Waals surface area contributed by atoms with E-state index in [1.54, 1.807) is 0 Å². The second-order valence-corrected chi connectivity index (χ2v) is 18.4. The van der Waals surface area contributed by atoms with Crippen LogP contribution in [0.25, 0.3) is 0 Å². The molecule has 0 saturated heterocycles. The van der Waals surface area contributed by atoms with Crippen molar-refractivity contribution in [2.45, 2.75) is 104 Å². The fourth-order valence-electron chi connectivity index (χ4n) is 6.69. The van der Waals surface area contributed by atoms with Gasteiger partial charge in [0, 0.05) is 51.7 Å². The van der Waals surface area contributed by atoms with Crippen molar-refractivity contribution < 1.29 is 66.5 Å². The van der Waals surface area contributed by atoms with Crippen LogP contribution in [-0.2, 0) is 64.3 Å². The number of nitrogens with one attached hydrogen (secondary N) is 7. The number of carboxylic acid groups (broad SMARTS) is 2. The number of aromatic amines is 1. The number of amides is 6. The number of hydrogen-bond acceptors (Lipinski definition) is 16. The van der Waals surface area contributed by atoms with E-state index >= 15 is 0 Å². The van der Waals surface area contributed by atoms with Crippen molar-refractivity contribution in [1.29, 1.82) is 0 Å². The topological polar surface area (TPSA) is 382 Å². The molecule has 0 bridgehead atoms. The molecular formula is C39H67N11O14S. The van der Waals surface area contributed by atoms with Crippen molar-refractivity contribution in [3.8, 4) is 0 Å². The first-order valence-corrected chi connectivity index (χ1v) is 22.7. The number of nitrogens with two attached hydrogens (primary N) is 1. The second kappa shape index (κ2) is 29.8. The van der Waals surface area contributed by atoms with Crippen LogP contribution in [-0.4, -0.2) is 157 Å². The number of carboxylic acids is 2. The quantitative estimate of drug-likeness (QED) is 0.0261. The fraction of sp³-hybridized carbons (Fsp3) is 0.718. The lowest BCUT2D eigenvalue weighted by Crippen LogP contribution is -2.44. The van der Waals surface area contributed by atoms with E-state index < -0.39 is 94.0 Å². The lowest BCUT2D eigenvalue weighted by atomic mass is 9.66. The number of carbonyl (C=O) groups is 8. The van der Waals surface area contributed by atoms with Crippen LogP contribution in [0.2, 0.25) is 0 Å². The molecule has 1 rings (SSSR count). The summed E-state index contributed by atoms with van der Waals surface area (Å²) in [5.74, 6) is -6.82. The fourth-order valence-corrected chi connectivity index (χ4v) is 7.73. The van der Waals surface area contributed by atoms with Crippen molar-refractivity contribution in [2.24, 2.45) is 22.5 Å². The van der Waals surface area contributed by atoms with Gasteiger partial charge in [0.1, 0.15) is 18.7 Å². The number of allylic oxidation sites excluding steroid dienone is 2. The SMILES string of the molecule is CC=CC(Cc1nn[nH]n1)C(C)(C)CC(C)(C)CC(=O)NS(=O)(=O)CCCC(=O)NC(CCC(=O)NC(CCC(=O)NCCOCCOCC(=O)NCC(=O)NCCN)C(=O)O)C(=O)O. The zero-order chi connectivity index (χ0) is 49.1. The van der Waals surface area contributed by atoms with E-state index in [2.05, 4.69) is 47.2 Å². The second-order valence-electron chi connectivity index (χ2n) is 16.5. The molecule has 0 aliphatic carbocycles. The summed E-state index contributed by atoms with van der Waals surface area (Å²) in [6.07, 6.45) is 2.70. The largest absolute Gasteiger partial charge is 0.480 e. The van der Waals surface area contributed by atoms with Crippen LogP contribution in [0.4, 0.5) is 0 Å². The van der Waals surface area contributed by atoms with Gasteiger partial charge in [0.2, 0.25) is 45.5 Å². The van der Waals surface area contributed by atoms with Crippen LogP contribution in [0.1, 0.15) is 91.8 Å². The maximum atomic E-state index is 12.9. The van der Waals surface area contributed by atoms with Crippen LogP contribution in [0.3, 0.4) is 0 Å². The molecule has 1 heterocycles. The van der Waals surface area contributed by atoms with Crippen LogP contribution < -0.4 is 37.0 Å². The molecule has 368 valence electrons. The Hall–Kier alpha value is -5.60. The number of sulfonamides is 1. The molecule has 11 N–H and O–H groups in total. The molecule has 0 aliphatic rings. The zero-order valence-corrected chi connectivity index (χ0v) is 38.6. The minimum atomic E-state index is -4.15. The molecule has 6 amide bonds. The summed E-state index contributed by atoms with van der Waals surface area (Å²) in [5.41, 5.74) is 4.31. The molecule has 3 unspecified atom stereocenters. The summed E-state index contributed by atoms with van der Waals surface area (Å²) in [7, 11) is -4.15. The average molecular weight is 946 g/mol. The Labute approximate surface area is 378 Å². The van der Waals surface area contributed by atoms with Crippen molar-refractivity contribution in [1.82, 2.24) is 51.9 Å². The molecule has 1 aromatic heterocycles. The minimum Gasteiger partial charge on any atom is -0.480 e. The first-order chi connectivity index (χ1) is 30.5. The molecule has 65 heavy (non-hydrogen) atoms. The maximum Gasteiger partial charge on any atom is 0.326 e. The standard InChI is InChI=1S/C39H67N11O14S/c1-6-8-26(21-29-46-49-50-47-29)39(4,5)25-38(2,3)22-33(54)48-65(61,62)20-7-9-31(52)44-28(37(59)60)11-13-32(53)45-27(36(57)58)10-12-30(51)42-16-17-63-18-19-64-24-35(56)43-23-34(55)41-15-14-40/h6,8,26-28H,7,9-25,40H2,1-5H3,(H,41,55)(H,42,51)(H,43,56)(H,44,52)(H,45,53)(H,48,54)(H,57,58)(H,59,60)(H,46,47,49,50). The number of H-pyrrole nitrogens is 1. The predicted octanol–water partition coefficient (Wildman–Crippen LogP) is -1.97. The summed E-state index contributed by atoms with van der Waals surface area (Å²) in [6.45, 7) is 10.0. The number of aromatic nitrogens is 4. The molecule has 26 heteroatoms. The van der Waals surface area contributed by atoms with Gasteiger partial charge in [0.15, 0.2) is 5.82 Å². The van der Waals surface area contributed by atoms with Gasteiger partial charge in [-0.15, -0.1) is 10.2 Å². The van der Waals surface area contributed by atoms with Crippen molar-refractivity contribution in [3.63, 3.8) is 0 Å². The van der Waals surface area contributed by atoms with E-state index in [0.29, 0.717) is 18.7 Å². The summed E-state index contributed by atoms with van der Waals surface area (Å²) < 4.78 is 37.9. The van der Waals surface area contributed by atoms with Crippen LogP contribution in [0.15, 0.2) is 12.2 Å². The highest BCUT2D eigenvalue weighted by Crippen LogP contribution is 2.42. The van der Waals surface area contributed by atoms with Gasteiger partial charge in [0.25, 0.3) is 0 Å². The van der Waals surface area contributed by atoms with E-state index in [1.807, 2.05) is 51.5 Å². The van der Waals surface area contributed by atoms with Crippen LogP contribution in [0.5, 0.6) is 0 Å². The van der Waals surface area contributed by atoms with Gasteiger partial charge < -0.3 is 52.0 Å². The highest BCUT2D eigenvalue weighted by molar-refractivity contribution is 7.90. The Balaban J connectivity index is 2.42. The molecule has 0 saturated carbocycles. The average Bonchev–Trinajstić information content (AvgIpc) is 3.72. The minimum absolute atomic E-state index is 0.00629. The monoisotopic (exact) mass is 945 g/mol. The molecule has 1 aromatic rings. The van der Waals surface area contributed by atoms with Gasteiger partial charge in [-0.2, -0.15) is 5.21 Å². The van der Waals surface area contributed by atoms with Crippen molar-refractivity contribution >= 4 is 57.4 Å². The smallest absolute Gasteiger partial charge is 0.326 e. The lowest BCUT2D eigenvalue weighted by Gasteiger charge is -2.39. The van der Waals surface area contributed by atoms with E-state index in [1.165, 1.54) is 0 Å². The Morgan fingerprint density at radius 2 is 1.38 bits per heavy atom.